The number of aliphatic hydroxyl groups excluding tert-OH is 1. The molecule has 0 aliphatic carbocycles. The number of rotatable bonds is 10. The van der Waals surface area contributed by atoms with Gasteiger partial charge in [0.2, 0.25) is 5.91 Å². The number of para-hydroxylation sites is 1. The molecule has 1 aromatic heterocycles. The predicted octanol–water partition coefficient (Wildman–Crippen LogP) is 5.81. The lowest BCUT2D eigenvalue weighted by Crippen LogP contribution is -2.18. The van der Waals surface area contributed by atoms with Gasteiger partial charge in [-0.15, -0.1) is 0 Å². The Hall–Kier alpha value is -3.42. The van der Waals surface area contributed by atoms with Crippen molar-refractivity contribution in [1.82, 2.24) is 9.99 Å². The fourth-order valence-electron chi connectivity index (χ4n) is 3.91. The standard InChI is InChI=1S/C28H28BrN3O3/c1-2-35-24-13-9-21(10-14-24)27(33)15-16-28(34)31-30-17-22-19-32(26-6-4-3-5-25(22)26)18-20-7-11-23(29)12-8-20/h3-14,17,19,27,33H,2,15-16,18H2,1H3,(H,31,34)/b30-17-/t27-/m1/s1. The zero-order chi connectivity index (χ0) is 24.6. The Morgan fingerprint density at radius 1 is 1.11 bits per heavy atom. The Kier molecular flexibility index (Phi) is 8.34. The van der Waals surface area contributed by atoms with Gasteiger partial charge in [0, 0.05) is 40.1 Å². The molecule has 4 rings (SSSR count). The second kappa shape index (κ2) is 11.8. The Balaban J connectivity index is 1.35. The van der Waals surface area contributed by atoms with E-state index in [2.05, 4.69) is 49.2 Å². The van der Waals surface area contributed by atoms with Gasteiger partial charge in [0.1, 0.15) is 5.75 Å². The third-order valence-corrected chi connectivity index (χ3v) is 6.23. The monoisotopic (exact) mass is 533 g/mol. The van der Waals surface area contributed by atoms with Gasteiger partial charge in [-0.05, 0) is 54.8 Å². The zero-order valence-corrected chi connectivity index (χ0v) is 21.1. The average Bonchev–Trinajstić information content (AvgIpc) is 3.22. The third-order valence-electron chi connectivity index (χ3n) is 5.70. The molecule has 0 saturated heterocycles. The molecule has 4 aromatic rings. The quantitative estimate of drug-likeness (QED) is 0.199. The maximum Gasteiger partial charge on any atom is 0.240 e. The first-order chi connectivity index (χ1) is 17.0. The number of hydrogen-bond acceptors (Lipinski definition) is 4. The van der Waals surface area contributed by atoms with Crippen LogP contribution in [0.1, 0.15) is 42.6 Å². The van der Waals surface area contributed by atoms with Gasteiger partial charge in [-0.1, -0.05) is 58.4 Å². The number of fused-ring (bicyclic) bond motifs is 1. The number of hydrogen-bond donors (Lipinski definition) is 2. The molecule has 0 unspecified atom stereocenters. The van der Waals surface area contributed by atoms with Crippen LogP contribution in [0.25, 0.3) is 10.9 Å². The van der Waals surface area contributed by atoms with Crippen LogP contribution in [0.4, 0.5) is 0 Å². The van der Waals surface area contributed by atoms with E-state index in [-0.39, 0.29) is 12.3 Å². The fraction of sp³-hybridized carbons (Fsp3) is 0.214. The first kappa shape index (κ1) is 24.7. The zero-order valence-electron chi connectivity index (χ0n) is 19.5. The molecule has 7 heteroatoms. The topological polar surface area (TPSA) is 75.8 Å². The van der Waals surface area contributed by atoms with E-state index in [1.54, 1.807) is 6.21 Å². The SMILES string of the molecule is CCOc1ccc([C@H](O)CCC(=O)N/N=C\c2cn(Cc3ccc(Br)cc3)c3ccccc23)cc1. The average molecular weight is 534 g/mol. The van der Waals surface area contributed by atoms with Crippen LogP contribution in [0.3, 0.4) is 0 Å². The summed E-state index contributed by atoms with van der Waals surface area (Å²) in [4.78, 5) is 12.3. The molecule has 0 aliphatic heterocycles. The summed E-state index contributed by atoms with van der Waals surface area (Å²) in [5.41, 5.74) is 6.55. The van der Waals surface area contributed by atoms with Crippen molar-refractivity contribution in [2.75, 3.05) is 6.61 Å². The first-order valence-corrected chi connectivity index (χ1v) is 12.4. The summed E-state index contributed by atoms with van der Waals surface area (Å²) in [7, 11) is 0. The van der Waals surface area contributed by atoms with Crippen LogP contribution in [-0.2, 0) is 11.3 Å². The van der Waals surface area contributed by atoms with Crippen LogP contribution in [0, 0.1) is 0 Å². The van der Waals surface area contributed by atoms with E-state index in [9.17, 15) is 9.90 Å². The van der Waals surface area contributed by atoms with Crippen LogP contribution >= 0.6 is 15.9 Å². The number of aliphatic hydroxyl groups is 1. The largest absolute Gasteiger partial charge is 0.494 e. The molecule has 3 aromatic carbocycles. The smallest absolute Gasteiger partial charge is 0.240 e. The van der Waals surface area contributed by atoms with E-state index in [1.165, 1.54) is 5.56 Å². The number of ether oxygens (including phenoxy) is 1. The molecule has 6 nitrogen and oxygen atoms in total. The molecule has 0 saturated carbocycles. The number of carbonyl (C=O) groups excluding carboxylic acids is 1. The van der Waals surface area contributed by atoms with Gasteiger partial charge in [0.25, 0.3) is 0 Å². The number of amides is 1. The minimum absolute atomic E-state index is 0.164. The highest BCUT2D eigenvalue weighted by Crippen LogP contribution is 2.23. The highest BCUT2D eigenvalue weighted by molar-refractivity contribution is 9.10. The van der Waals surface area contributed by atoms with Crippen LogP contribution < -0.4 is 10.2 Å². The van der Waals surface area contributed by atoms with Crippen LogP contribution in [0.2, 0.25) is 0 Å². The molecule has 0 spiro atoms. The fourth-order valence-corrected chi connectivity index (χ4v) is 4.18. The molecule has 180 valence electrons. The second-order valence-corrected chi connectivity index (χ2v) is 9.12. The maximum atomic E-state index is 12.3. The van der Waals surface area contributed by atoms with Gasteiger partial charge in [-0.25, -0.2) is 5.43 Å². The highest BCUT2D eigenvalue weighted by atomic mass is 79.9. The lowest BCUT2D eigenvalue weighted by atomic mass is 10.0. The number of halogens is 1. The summed E-state index contributed by atoms with van der Waals surface area (Å²) in [5, 5.41) is 15.6. The number of nitrogens with zero attached hydrogens (tertiary/aromatic N) is 2. The van der Waals surface area contributed by atoms with Gasteiger partial charge >= 0.3 is 0 Å². The lowest BCUT2D eigenvalue weighted by molar-refractivity contribution is -0.121. The van der Waals surface area contributed by atoms with E-state index in [4.69, 9.17) is 4.74 Å². The molecule has 35 heavy (non-hydrogen) atoms. The van der Waals surface area contributed by atoms with Crippen molar-refractivity contribution in [3.05, 3.63) is 100 Å². The molecule has 0 bridgehead atoms. The van der Waals surface area contributed by atoms with E-state index < -0.39 is 6.10 Å². The van der Waals surface area contributed by atoms with Gasteiger partial charge in [-0.2, -0.15) is 5.10 Å². The van der Waals surface area contributed by atoms with Crippen molar-refractivity contribution in [2.24, 2.45) is 5.10 Å². The third kappa shape index (κ3) is 6.59. The Morgan fingerprint density at radius 3 is 2.60 bits per heavy atom. The summed E-state index contributed by atoms with van der Waals surface area (Å²) in [5.74, 6) is 0.513. The number of carbonyl (C=O) groups is 1. The van der Waals surface area contributed by atoms with E-state index in [1.807, 2.05) is 67.7 Å². The van der Waals surface area contributed by atoms with Crippen molar-refractivity contribution >= 4 is 39.0 Å². The predicted molar refractivity (Wildman–Crippen MR) is 143 cm³/mol. The summed E-state index contributed by atoms with van der Waals surface area (Å²) in [6.45, 7) is 3.25. The molecule has 1 atom stereocenters. The number of nitrogens with one attached hydrogen (secondary N) is 1. The van der Waals surface area contributed by atoms with Gasteiger partial charge in [0.15, 0.2) is 0 Å². The van der Waals surface area contributed by atoms with Crippen molar-refractivity contribution in [3.63, 3.8) is 0 Å². The van der Waals surface area contributed by atoms with Crippen molar-refractivity contribution < 1.29 is 14.6 Å². The number of aromatic nitrogens is 1. The summed E-state index contributed by atoms with van der Waals surface area (Å²) in [6.07, 6.45) is 3.45. The Bertz CT molecular complexity index is 1300. The molecular formula is C28H28BrN3O3. The summed E-state index contributed by atoms with van der Waals surface area (Å²) in [6, 6.07) is 23.6. The first-order valence-electron chi connectivity index (χ1n) is 11.6. The Labute approximate surface area is 213 Å². The Morgan fingerprint density at radius 2 is 1.86 bits per heavy atom. The molecule has 0 radical (unpaired) electrons. The molecular weight excluding hydrogens is 506 g/mol. The van der Waals surface area contributed by atoms with Crippen LogP contribution in [0.5, 0.6) is 5.75 Å². The minimum atomic E-state index is -0.725. The van der Waals surface area contributed by atoms with E-state index >= 15 is 0 Å². The maximum absolute atomic E-state index is 12.3. The number of hydrazone groups is 1. The normalized spacial score (nSPS) is 12.2. The molecule has 1 heterocycles. The summed E-state index contributed by atoms with van der Waals surface area (Å²) >= 11 is 3.48. The molecule has 0 fully saturated rings. The van der Waals surface area contributed by atoms with E-state index in [0.29, 0.717) is 13.0 Å². The highest BCUT2D eigenvalue weighted by Gasteiger charge is 2.11. The van der Waals surface area contributed by atoms with Crippen molar-refractivity contribution in [1.29, 1.82) is 0 Å². The summed E-state index contributed by atoms with van der Waals surface area (Å²) < 4.78 is 8.64. The lowest BCUT2D eigenvalue weighted by Gasteiger charge is -2.11. The van der Waals surface area contributed by atoms with Gasteiger partial charge < -0.3 is 14.4 Å². The van der Waals surface area contributed by atoms with Gasteiger partial charge in [-0.3, -0.25) is 4.79 Å². The molecule has 2 N–H and O–H groups in total. The second-order valence-electron chi connectivity index (χ2n) is 8.21. The molecule has 0 aliphatic rings. The van der Waals surface area contributed by atoms with Crippen LogP contribution in [0.15, 0.2) is 88.6 Å². The number of benzene rings is 3. The van der Waals surface area contributed by atoms with Gasteiger partial charge in [0.05, 0.1) is 18.9 Å². The molecule has 1 amide bonds. The van der Waals surface area contributed by atoms with E-state index in [0.717, 1.165) is 38.8 Å². The van der Waals surface area contributed by atoms with Crippen molar-refractivity contribution in [2.45, 2.75) is 32.4 Å². The van der Waals surface area contributed by atoms with Crippen molar-refractivity contribution in [3.8, 4) is 5.75 Å². The van der Waals surface area contributed by atoms with Crippen LogP contribution in [-0.4, -0.2) is 28.4 Å². The minimum Gasteiger partial charge on any atom is -0.494 e.